The highest BCUT2D eigenvalue weighted by Crippen LogP contribution is 2.44. The molecule has 3 atom stereocenters. The van der Waals surface area contributed by atoms with Crippen molar-refractivity contribution in [1.82, 2.24) is 9.97 Å². The van der Waals surface area contributed by atoms with Crippen LogP contribution in [0.5, 0.6) is 0 Å². The fourth-order valence-electron chi connectivity index (χ4n) is 9.49. The summed E-state index contributed by atoms with van der Waals surface area (Å²) in [5.41, 5.74) is 12.6. The monoisotopic (exact) mass is 766 g/mol. The number of para-hydroxylation sites is 1. The van der Waals surface area contributed by atoms with Crippen LogP contribution in [0.4, 0.5) is 0 Å². The van der Waals surface area contributed by atoms with Crippen LogP contribution < -0.4 is 10.6 Å². The Morgan fingerprint density at radius 2 is 1.53 bits per heavy atom. The van der Waals surface area contributed by atoms with Gasteiger partial charge in [-0.05, 0) is 72.2 Å². The number of benzene rings is 5. The summed E-state index contributed by atoms with van der Waals surface area (Å²) in [6.45, 7) is 2.24. The van der Waals surface area contributed by atoms with Crippen LogP contribution in [-0.2, 0) is 6.42 Å². The zero-order valence-electron chi connectivity index (χ0n) is 32.4. The van der Waals surface area contributed by atoms with E-state index < -0.39 is 0 Å². The quantitative estimate of drug-likeness (QED) is 0.162. The second-order valence-electron chi connectivity index (χ2n) is 15.7. The van der Waals surface area contributed by atoms with Gasteiger partial charge in [0.15, 0.2) is 5.82 Å². The summed E-state index contributed by atoms with van der Waals surface area (Å²) in [6.07, 6.45) is 21.8. The average molecular weight is 767 g/mol. The van der Waals surface area contributed by atoms with Gasteiger partial charge in [-0.1, -0.05) is 153 Å². The van der Waals surface area contributed by atoms with Gasteiger partial charge >= 0.3 is 0 Å². The van der Waals surface area contributed by atoms with Crippen LogP contribution in [0.3, 0.4) is 0 Å². The summed E-state index contributed by atoms with van der Waals surface area (Å²) in [5.74, 6) is 1.42. The second-order valence-corrected chi connectivity index (χ2v) is 16.8. The van der Waals surface area contributed by atoms with Gasteiger partial charge in [-0.3, -0.25) is 0 Å². The predicted octanol–water partition coefficient (Wildman–Crippen LogP) is 12.7. The smallest absolute Gasteiger partial charge is 0.156 e. The van der Waals surface area contributed by atoms with Crippen molar-refractivity contribution in [3.8, 4) is 11.3 Å². The van der Waals surface area contributed by atoms with E-state index in [0.29, 0.717) is 5.92 Å². The van der Waals surface area contributed by atoms with Crippen molar-refractivity contribution in [2.75, 3.05) is 0 Å². The van der Waals surface area contributed by atoms with Crippen LogP contribution in [0, 0.1) is 0 Å². The van der Waals surface area contributed by atoms with Crippen LogP contribution in [0.2, 0.25) is 0 Å². The SMILES string of the molecule is CCc1c(-c2ccccc2)nc(C2=c3c(oc4ccccc34)=CC(c3cccc4sc5cc(C6C=CC=CC6)ccc5c34)C2)nc1C1C=CC(c2ccccc2)=CC1. The van der Waals surface area contributed by atoms with E-state index in [1.54, 1.807) is 0 Å². The molecule has 8 aromatic rings. The van der Waals surface area contributed by atoms with Gasteiger partial charge in [0, 0.05) is 65.2 Å². The normalized spacial score (nSPS) is 18.8. The van der Waals surface area contributed by atoms with Gasteiger partial charge in [0.2, 0.25) is 0 Å². The van der Waals surface area contributed by atoms with Crippen LogP contribution in [0.25, 0.3) is 59.6 Å². The molecule has 0 aliphatic heterocycles. The van der Waals surface area contributed by atoms with Crippen molar-refractivity contribution in [1.29, 1.82) is 0 Å². The summed E-state index contributed by atoms with van der Waals surface area (Å²) in [4.78, 5) is 11.2. The van der Waals surface area contributed by atoms with Crippen molar-refractivity contribution in [3.63, 3.8) is 0 Å². The number of rotatable bonds is 7. The molecule has 11 rings (SSSR count). The largest absolute Gasteiger partial charge is 0.456 e. The van der Waals surface area contributed by atoms with Crippen molar-refractivity contribution in [3.05, 3.63) is 208 Å². The first-order valence-corrected chi connectivity index (χ1v) is 21.4. The molecule has 3 heterocycles. The topological polar surface area (TPSA) is 38.9 Å². The first-order chi connectivity index (χ1) is 28.7. The number of fused-ring (bicyclic) bond motifs is 6. The third-order valence-corrected chi connectivity index (χ3v) is 13.4. The van der Waals surface area contributed by atoms with Gasteiger partial charge in [-0.2, -0.15) is 0 Å². The Balaban J connectivity index is 1.09. The van der Waals surface area contributed by atoms with Gasteiger partial charge in [0.25, 0.3) is 0 Å². The van der Waals surface area contributed by atoms with Crippen molar-refractivity contribution >= 4 is 59.7 Å². The standard InChI is InChI=1S/C54H42N2OS/c1-2-41-52(37-19-10-5-11-20-37)55-54(56-53(41)38-27-25-36(26-28-38)34-15-6-3-7-16-34)45-31-40(32-47-50(45)43-21-12-13-23-46(43)57-47)42-22-14-24-48-51(42)44-30-29-39(33-49(44)58-48)35-17-8-4-9-18-35/h3-17,19-27,29-30,32-33,35,38,40H,2,18,28,31H2,1H3. The first kappa shape index (κ1) is 34.9. The number of allylic oxidation sites excluding steroid dienone is 8. The Morgan fingerprint density at radius 1 is 0.707 bits per heavy atom. The predicted molar refractivity (Wildman–Crippen MR) is 243 cm³/mol. The zero-order chi connectivity index (χ0) is 38.6. The molecule has 0 bridgehead atoms. The molecule has 0 spiro atoms. The van der Waals surface area contributed by atoms with Gasteiger partial charge in [-0.15, -0.1) is 11.3 Å². The summed E-state index contributed by atoms with van der Waals surface area (Å²) in [5, 5.41) is 4.89. The second kappa shape index (κ2) is 14.5. The molecule has 3 nitrogen and oxygen atoms in total. The molecule has 0 saturated carbocycles. The number of hydrogen-bond donors (Lipinski definition) is 0. The molecule has 0 radical (unpaired) electrons. The number of hydrogen-bond acceptors (Lipinski definition) is 4. The molecule has 3 unspecified atom stereocenters. The first-order valence-electron chi connectivity index (χ1n) is 20.6. The molecule has 0 fully saturated rings. The minimum absolute atomic E-state index is 0.0691. The molecule has 0 saturated heterocycles. The summed E-state index contributed by atoms with van der Waals surface area (Å²) in [7, 11) is 0. The molecule has 3 aliphatic rings. The fourth-order valence-corrected chi connectivity index (χ4v) is 10.7. The summed E-state index contributed by atoms with van der Waals surface area (Å²) >= 11 is 1.90. The van der Waals surface area contributed by atoms with E-state index in [9.17, 15) is 0 Å². The lowest BCUT2D eigenvalue weighted by Gasteiger charge is -2.24. The van der Waals surface area contributed by atoms with Gasteiger partial charge < -0.3 is 4.42 Å². The fraction of sp³-hybridized carbons (Fsp3) is 0.148. The van der Waals surface area contributed by atoms with Crippen LogP contribution >= 0.6 is 11.3 Å². The van der Waals surface area contributed by atoms with E-state index in [0.717, 1.165) is 75.6 Å². The number of nitrogens with zero attached hydrogens (tertiary/aromatic N) is 2. The highest BCUT2D eigenvalue weighted by Gasteiger charge is 2.28. The van der Waals surface area contributed by atoms with Crippen LogP contribution in [0.15, 0.2) is 168 Å². The Morgan fingerprint density at radius 3 is 2.33 bits per heavy atom. The minimum atomic E-state index is 0.0691. The zero-order valence-corrected chi connectivity index (χ0v) is 33.3. The molecule has 3 aliphatic carbocycles. The summed E-state index contributed by atoms with van der Waals surface area (Å²) in [6, 6.07) is 43.8. The van der Waals surface area contributed by atoms with Crippen LogP contribution in [0.1, 0.15) is 77.7 Å². The Hall–Kier alpha value is -6.36. The lowest BCUT2D eigenvalue weighted by molar-refractivity contribution is 0.568. The molecule has 58 heavy (non-hydrogen) atoms. The van der Waals surface area contributed by atoms with E-state index >= 15 is 0 Å². The third kappa shape index (κ3) is 6.02. The molecule has 280 valence electrons. The molecule has 0 N–H and O–H groups in total. The van der Waals surface area contributed by atoms with Gasteiger partial charge in [0.1, 0.15) is 11.0 Å². The Bertz CT molecular complexity index is 3140. The van der Waals surface area contributed by atoms with E-state index in [4.69, 9.17) is 14.4 Å². The lowest BCUT2D eigenvalue weighted by atomic mass is 9.84. The highest BCUT2D eigenvalue weighted by molar-refractivity contribution is 7.25. The maximum absolute atomic E-state index is 6.76. The van der Waals surface area contributed by atoms with E-state index in [1.807, 2.05) is 11.3 Å². The van der Waals surface area contributed by atoms with Crippen molar-refractivity contribution in [2.45, 2.75) is 50.4 Å². The van der Waals surface area contributed by atoms with Gasteiger partial charge in [0.05, 0.1) is 11.4 Å². The molecule has 0 amide bonds. The Kier molecular flexibility index (Phi) is 8.74. The minimum Gasteiger partial charge on any atom is -0.456 e. The molecular formula is C54H42N2OS. The molecule has 5 aromatic carbocycles. The maximum Gasteiger partial charge on any atom is 0.156 e. The van der Waals surface area contributed by atoms with E-state index in [2.05, 4.69) is 177 Å². The molecule has 4 heteroatoms. The lowest BCUT2D eigenvalue weighted by Crippen LogP contribution is -2.30. The van der Waals surface area contributed by atoms with E-state index in [-0.39, 0.29) is 11.8 Å². The van der Waals surface area contributed by atoms with E-state index in [1.165, 1.54) is 48.0 Å². The van der Waals surface area contributed by atoms with Crippen molar-refractivity contribution < 1.29 is 4.42 Å². The number of aromatic nitrogens is 2. The van der Waals surface area contributed by atoms with Gasteiger partial charge in [-0.25, -0.2) is 9.97 Å². The molecular weight excluding hydrogens is 725 g/mol. The average Bonchev–Trinajstić information content (AvgIpc) is 3.87. The Labute approximate surface area is 342 Å². The van der Waals surface area contributed by atoms with Crippen molar-refractivity contribution in [2.24, 2.45) is 0 Å². The third-order valence-electron chi connectivity index (χ3n) is 12.3. The summed E-state index contributed by atoms with van der Waals surface area (Å²) < 4.78 is 9.42. The number of thiophene rings is 1. The maximum atomic E-state index is 6.76. The molecule has 3 aromatic heterocycles. The number of furan rings is 1. The van der Waals surface area contributed by atoms with Crippen LogP contribution in [-0.4, -0.2) is 9.97 Å². The highest BCUT2D eigenvalue weighted by atomic mass is 32.1.